The number of hydrogen-bond donors (Lipinski definition) is 1. The summed E-state index contributed by atoms with van der Waals surface area (Å²) in [5.74, 6) is 0.478. The fraction of sp³-hybridized carbons (Fsp3) is 0.455. The van der Waals surface area contributed by atoms with Crippen molar-refractivity contribution >= 4 is 28.8 Å². The number of hydrogen-bond acceptors (Lipinski definition) is 3. The smallest absolute Gasteiger partial charge is 0.265 e. The average Bonchev–Trinajstić information content (AvgIpc) is 3.04. The van der Waals surface area contributed by atoms with Crippen molar-refractivity contribution in [3.8, 4) is 0 Å². The number of nitrogens with one attached hydrogen (secondary N) is 1. The molecule has 0 radical (unpaired) electrons. The summed E-state index contributed by atoms with van der Waals surface area (Å²) < 4.78 is 0. The Kier molecular flexibility index (Phi) is 5.43. The van der Waals surface area contributed by atoms with Crippen LogP contribution >= 0.6 is 11.3 Å². The van der Waals surface area contributed by atoms with Gasteiger partial charge in [-0.3, -0.25) is 9.59 Å². The van der Waals surface area contributed by atoms with Crippen LogP contribution in [-0.4, -0.2) is 30.8 Å². The van der Waals surface area contributed by atoms with Crippen LogP contribution in [0.5, 0.6) is 0 Å². The number of fused-ring (bicyclic) bond motifs is 1. The molecule has 1 N–H and O–H groups in total. The number of carbonyl (C=O) groups is 2. The zero-order valence-corrected chi connectivity index (χ0v) is 17.6. The molecule has 2 amide bonds. The summed E-state index contributed by atoms with van der Waals surface area (Å²) in [4.78, 5) is 28.5. The molecule has 144 valence electrons. The Morgan fingerprint density at radius 3 is 2.59 bits per heavy atom. The van der Waals surface area contributed by atoms with Gasteiger partial charge in [0.15, 0.2) is 0 Å². The molecule has 0 unspecified atom stereocenters. The molecular weight excluding hydrogens is 356 g/mol. The highest BCUT2D eigenvalue weighted by Gasteiger charge is 2.30. The van der Waals surface area contributed by atoms with Crippen molar-refractivity contribution in [1.29, 1.82) is 0 Å². The lowest BCUT2D eigenvalue weighted by atomic mass is 9.72. The van der Waals surface area contributed by atoms with Crippen molar-refractivity contribution in [2.75, 3.05) is 19.4 Å². The average molecular weight is 385 g/mol. The molecule has 1 heterocycles. The van der Waals surface area contributed by atoms with Crippen molar-refractivity contribution in [3.63, 3.8) is 0 Å². The maximum absolute atomic E-state index is 12.7. The molecule has 2 aromatic rings. The van der Waals surface area contributed by atoms with Gasteiger partial charge < -0.3 is 10.2 Å². The van der Waals surface area contributed by atoms with E-state index in [9.17, 15) is 9.59 Å². The summed E-state index contributed by atoms with van der Waals surface area (Å²) in [5.41, 5.74) is 2.83. The Morgan fingerprint density at radius 2 is 1.93 bits per heavy atom. The SMILES string of the molecule is CN(C)C(=O)c1cccc(NC(=O)c2cc3c(s2)CC[C@@H](C(C)(C)C)C3)c1. The van der Waals surface area contributed by atoms with Gasteiger partial charge in [0.1, 0.15) is 0 Å². The number of thiophene rings is 1. The number of carbonyl (C=O) groups excluding carboxylic acids is 2. The zero-order chi connectivity index (χ0) is 19.8. The fourth-order valence-electron chi connectivity index (χ4n) is 3.56. The first-order chi connectivity index (χ1) is 12.6. The second-order valence-corrected chi connectivity index (χ2v) is 9.74. The van der Waals surface area contributed by atoms with E-state index < -0.39 is 0 Å². The molecule has 0 saturated carbocycles. The Labute approximate surface area is 165 Å². The highest BCUT2D eigenvalue weighted by Crippen LogP contribution is 2.40. The minimum Gasteiger partial charge on any atom is -0.345 e. The van der Waals surface area contributed by atoms with E-state index in [1.54, 1.807) is 43.6 Å². The summed E-state index contributed by atoms with van der Waals surface area (Å²) in [6.07, 6.45) is 3.30. The molecule has 0 spiro atoms. The van der Waals surface area contributed by atoms with Gasteiger partial charge in [-0.2, -0.15) is 0 Å². The third-order valence-corrected chi connectivity index (χ3v) is 6.54. The van der Waals surface area contributed by atoms with Crippen LogP contribution in [0.4, 0.5) is 5.69 Å². The lowest BCUT2D eigenvalue weighted by Crippen LogP contribution is -2.26. The quantitative estimate of drug-likeness (QED) is 0.822. The number of rotatable bonds is 3. The number of benzene rings is 1. The maximum Gasteiger partial charge on any atom is 0.265 e. The van der Waals surface area contributed by atoms with E-state index in [-0.39, 0.29) is 11.8 Å². The topological polar surface area (TPSA) is 49.4 Å². The van der Waals surface area contributed by atoms with Crippen molar-refractivity contribution in [3.05, 3.63) is 51.2 Å². The molecule has 0 saturated heterocycles. The Balaban J connectivity index is 1.74. The van der Waals surface area contributed by atoms with Gasteiger partial charge in [-0.1, -0.05) is 26.8 Å². The summed E-state index contributed by atoms with van der Waals surface area (Å²) in [6.45, 7) is 6.89. The summed E-state index contributed by atoms with van der Waals surface area (Å²) in [5, 5.41) is 2.94. The first-order valence-electron chi connectivity index (χ1n) is 9.40. The molecule has 27 heavy (non-hydrogen) atoms. The van der Waals surface area contributed by atoms with E-state index in [0.717, 1.165) is 17.7 Å². The van der Waals surface area contributed by atoms with Gasteiger partial charge >= 0.3 is 0 Å². The van der Waals surface area contributed by atoms with Crippen LogP contribution in [0.1, 0.15) is 57.7 Å². The molecule has 1 aliphatic carbocycles. The minimum atomic E-state index is -0.101. The second-order valence-electron chi connectivity index (χ2n) is 8.60. The zero-order valence-electron chi connectivity index (χ0n) is 16.8. The molecule has 5 heteroatoms. The minimum absolute atomic E-state index is 0.0779. The number of aryl methyl sites for hydroxylation is 1. The van der Waals surface area contributed by atoms with Crippen LogP contribution in [0.3, 0.4) is 0 Å². The van der Waals surface area contributed by atoms with Crippen molar-refractivity contribution in [2.45, 2.75) is 40.0 Å². The fourth-order valence-corrected chi connectivity index (χ4v) is 4.66. The molecule has 3 rings (SSSR count). The highest BCUT2D eigenvalue weighted by molar-refractivity contribution is 7.14. The predicted molar refractivity (Wildman–Crippen MR) is 112 cm³/mol. The molecule has 4 nitrogen and oxygen atoms in total. The molecule has 1 aliphatic rings. The Bertz CT molecular complexity index is 861. The van der Waals surface area contributed by atoms with Crippen molar-refractivity contribution in [2.24, 2.45) is 11.3 Å². The summed E-state index contributed by atoms with van der Waals surface area (Å²) in [7, 11) is 3.43. The molecule has 1 aromatic carbocycles. The van der Waals surface area contributed by atoms with E-state index >= 15 is 0 Å². The van der Waals surface area contributed by atoms with E-state index in [1.807, 2.05) is 6.07 Å². The predicted octanol–water partition coefficient (Wildman–Crippen LogP) is 4.85. The van der Waals surface area contributed by atoms with Crippen LogP contribution in [0, 0.1) is 11.3 Å². The van der Waals surface area contributed by atoms with Crippen molar-refractivity contribution < 1.29 is 9.59 Å². The first-order valence-corrected chi connectivity index (χ1v) is 10.2. The van der Waals surface area contributed by atoms with E-state index in [0.29, 0.717) is 22.6 Å². The largest absolute Gasteiger partial charge is 0.345 e. The van der Waals surface area contributed by atoms with Crippen LogP contribution in [-0.2, 0) is 12.8 Å². The Hall–Kier alpha value is -2.14. The van der Waals surface area contributed by atoms with E-state index in [1.165, 1.54) is 21.8 Å². The second kappa shape index (κ2) is 7.47. The van der Waals surface area contributed by atoms with Crippen LogP contribution in [0.15, 0.2) is 30.3 Å². The summed E-state index contributed by atoms with van der Waals surface area (Å²) in [6, 6.07) is 9.15. The van der Waals surface area contributed by atoms with Gasteiger partial charge in [-0.25, -0.2) is 0 Å². The van der Waals surface area contributed by atoms with Gasteiger partial charge in [0.2, 0.25) is 0 Å². The standard InChI is InChI=1S/C22H28N2O2S/c1-22(2,3)16-9-10-18-15(11-16)13-19(27-18)20(25)23-17-8-6-7-14(12-17)21(26)24(4)5/h6-8,12-13,16H,9-11H2,1-5H3,(H,23,25)/t16-/m1/s1. The number of anilines is 1. The first kappa shape index (κ1) is 19.6. The third-order valence-electron chi connectivity index (χ3n) is 5.30. The molecular formula is C22H28N2O2S. The molecule has 1 atom stereocenters. The lowest BCUT2D eigenvalue weighted by Gasteiger charge is -2.33. The van der Waals surface area contributed by atoms with Gasteiger partial charge in [0, 0.05) is 30.2 Å². The third kappa shape index (κ3) is 4.41. The van der Waals surface area contributed by atoms with E-state index in [2.05, 4.69) is 32.2 Å². The van der Waals surface area contributed by atoms with Gasteiger partial charge in [0.25, 0.3) is 11.8 Å². The van der Waals surface area contributed by atoms with Gasteiger partial charge in [-0.15, -0.1) is 11.3 Å². The Morgan fingerprint density at radius 1 is 1.19 bits per heavy atom. The van der Waals surface area contributed by atoms with E-state index in [4.69, 9.17) is 0 Å². The molecule has 0 aliphatic heterocycles. The number of nitrogens with zero attached hydrogens (tertiary/aromatic N) is 1. The molecule has 0 fully saturated rings. The van der Waals surface area contributed by atoms with Gasteiger partial charge in [-0.05, 0) is 60.4 Å². The maximum atomic E-state index is 12.7. The lowest BCUT2D eigenvalue weighted by molar-refractivity contribution is 0.0827. The summed E-state index contributed by atoms with van der Waals surface area (Å²) >= 11 is 1.60. The van der Waals surface area contributed by atoms with Crippen LogP contribution < -0.4 is 5.32 Å². The molecule has 0 bridgehead atoms. The molecule has 1 aromatic heterocycles. The normalized spacial score (nSPS) is 16.6. The highest BCUT2D eigenvalue weighted by atomic mass is 32.1. The number of amides is 2. The van der Waals surface area contributed by atoms with Gasteiger partial charge in [0.05, 0.1) is 4.88 Å². The van der Waals surface area contributed by atoms with Crippen molar-refractivity contribution in [1.82, 2.24) is 4.90 Å². The van der Waals surface area contributed by atoms with Crippen LogP contribution in [0.25, 0.3) is 0 Å². The van der Waals surface area contributed by atoms with Crippen LogP contribution in [0.2, 0.25) is 0 Å². The monoisotopic (exact) mass is 384 g/mol.